The molecule has 1 fully saturated rings. The van der Waals surface area contributed by atoms with E-state index in [1.807, 2.05) is 11.8 Å². The van der Waals surface area contributed by atoms with E-state index in [2.05, 4.69) is 38.2 Å². The largest absolute Gasteiger partial charge is 0.450 e. The molecule has 0 aliphatic carbocycles. The highest BCUT2D eigenvalue weighted by Crippen LogP contribution is 2.14. The van der Waals surface area contributed by atoms with Crippen LogP contribution in [0.4, 0.5) is 4.79 Å². The summed E-state index contributed by atoms with van der Waals surface area (Å²) in [6.45, 7) is 9.46. The van der Waals surface area contributed by atoms with Crippen LogP contribution in [0.2, 0.25) is 0 Å². The molecule has 0 aromatic heterocycles. The molecule has 1 atom stereocenters. The first-order valence-corrected chi connectivity index (χ1v) is 7.76. The minimum absolute atomic E-state index is 0.167. The molecule has 1 unspecified atom stereocenters. The summed E-state index contributed by atoms with van der Waals surface area (Å²) < 4.78 is 5.05. The van der Waals surface area contributed by atoms with Gasteiger partial charge in [0.1, 0.15) is 0 Å². The SMILES string of the molecule is CCOC(=O)N1CCC(NC(CN(C)C)C(C)C)CC1. The van der Waals surface area contributed by atoms with E-state index in [4.69, 9.17) is 4.74 Å². The van der Waals surface area contributed by atoms with Crippen molar-refractivity contribution in [3.05, 3.63) is 0 Å². The van der Waals surface area contributed by atoms with E-state index in [9.17, 15) is 4.79 Å². The van der Waals surface area contributed by atoms with E-state index >= 15 is 0 Å². The van der Waals surface area contributed by atoms with Crippen LogP contribution in [0.3, 0.4) is 0 Å². The maximum absolute atomic E-state index is 11.7. The van der Waals surface area contributed by atoms with E-state index in [0.717, 1.165) is 32.5 Å². The second-order valence-electron chi connectivity index (χ2n) is 6.24. The molecule has 1 amide bonds. The normalized spacial score (nSPS) is 18.6. The second kappa shape index (κ2) is 8.47. The van der Waals surface area contributed by atoms with Crippen molar-refractivity contribution >= 4 is 6.09 Å². The standard InChI is InChI=1S/C15H31N3O2/c1-6-20-15(19)18-9-7-13(8-10-18)16-14(12(2)3)11-17(4)5/h12-14,16H,6-11H2,1-5H3. The molecule has 20 heavy (non-hydrogen) atoms. The van der Waals surface area contributed by atoms with Crippen molar-refractivity contribution in [2.75, 3.05) is 40.3 Å². The van der Waals surface area contributed by atoms with Gasteiger partial charge in [0.2, 0.25) is 0 Å². The highest BCUT2D eigenvalue weighted by atomic mass is 16.6. The van der Waals surface area contributed by atoms with Crippen LogP contribution >= 0.6 is 0 Å². The predicted molar refractivity (Wildman–Crippen MR) is 81.9 cm³/mol. The molecule has 1 N–H and O–H groups in total. The number of piperidine rings is 1. The molecule has 1 aliphatic rings. The van der Waals surface area contributed by atoms with E-state index in [-0.39, 0.29) is 6.09 Å². The Balaban J connectivity index is 2.38. The fourth-order valence-electron chi connectivity index (χ4n) is 2.60. The minimum Gasteiger partial charge on any atom is -0.450 e. The topological polar surface area (TPSA) is 44.8 Å². The van der Waals surface area contributed by atoms with Crippen molar-refractivity contribution in [3.63, 3.8) is 0 Å². The number of carbonyl (C=O) groups excluding carboxylic acids is 1. The van der Waals surface area contributed by atoms with Crippen molar-refractivity contribution in [2.45, 2.75) is 45.7 Å². The molecule has 1 heterocycles. The van der Waals surface area contributed by atoms with Gasteiger partial charge < -0.3 is 19.9 Å². The third kappa shape index (κ3) is 5.67. The molecule has 118 valence electrons. The summed E-state index contributed by atoms with van der Waals surface area (Å²) in [4.78, 5) is 15.7. The first-order chi connectivity index (χ1) is 9.43. The van der Waals surface area contributed by atoms with Gasteiger partial charge in [0, 0.05) is 31.7 Å². The van der Waals surface area contributed by atoms with Crippen molar-refractivity contribution in [2.24, 2.45) is 5.92 Å². The zero-order valence-corrected chi connectivity index (χ0v) is 13.7. The van der Waals surface area contributed by atoms with E-state index in [1.54, 1.807) is 0 Å². The monoisotopic (exact) mass is 285 g/mol. The average Bonchev–Trinajstić information content (AvgIpc) is 2.38. The molecule has 0 saturated carbocycles. The summed E-state index contributed by atoms with van der Waals surface area (Å²) in [6, 6.07) is 1.01. The summed E-state index contributed by atoms with van der Waals surface area (Å²) >= 11 is 0. The maximum Gasteiger partial charge on any atom is 0.409 e. The van der Waals surface area contributed by atoms with Gasteiger partial charge >= 0.3 is 6.09 Å². The van der Waals surface area contributed by atoms with Gasteiger partial charge in [0.05, 0.1) is 6.61 Å². The van der Waals surface area contributed by atoms with Gasteiger partial charge in [-0.15, -0.1) is 0 Å². The van der Waals surface area contributed by atoms with Crippen LogP contribution < -0.4 is 5.32 Å². The number of carbonyl (C=O) groups is 1. The van der Waals surface area contributed by atoms with Gasteiger partial charge in [-0.05, 0) is 39.8 Å². The number of hydrogen-bond donors (Lipinski definition) is 1. The van der Waals surface area contributed by atoms with Crippen LogP contribution in [0.5, 0.6) is 0 Å². The molecule has 0 bridgehead atoms. The fourth-order valence-corrected chi connectivity index (χ4v) is 2.60. The molecular weight excluding hydrogens is 254 g/mol. The Labute approximate surface area is 123 Å². The Morgan fingerprint density at radius 2 is 1.95 bits per heavy atom. The van der Waals surface area contributed by atoms with Crippen molar-refractivity contribution in [1.82, 2.24) is 15.1 Å². The van der Waals surface area contributed by atoms with Crippen molar-refractivity contribution in [3.8, 4) is 0 Å². The van der Waals surface area contributed by atoms with Crippen LogP contribution in [0, 0.1) is 5.92 Å². The molecule has 0 aromatic carbocycles. The average molecular weight is 285 g/mol. The lowest BCUT2D eigenvalue weighted by Gasteiger charge is -2.36. The molecule has 5 heteroatoms. The Morgan fingerprint density at radius 1 is 1.35 bits per heavy atom. The summed E-state index contributed by atoms with van der Waals surface area (Å²) in [6.07, 6.45) is 1.85. The number of nitrogens with one attached hydrogen (secondary N) is 1. The van der Waals surface area contributed by atoms with Gasteiger partial charge in [-0.1, -0.05) is 13.8 Å². The third-order valence-electron chi connectivity index (χ3n) is 3.84. The number of ether oxygens (including phenoxy) is 1. The summed E-state index contributed by atoms with van der Waals surface area (Å²) in [7, 11) is 4.22. The van der Waals surface area contributed by atoms with Crippen LogP contribution in [-0.4, -0.2) is 68.3 Å². The minimum atomic E-state index is -0.167. The first kappa shape index (κ1) is 17.2. The number of likely N-dealkylation sites (N-methyl/N-ethyl adjacent to an activating group) is 1. The molecule has 0 radical (unpaired) electrons. The van der Waals surface area contributed by atoms with Gasteiger partial charge in [-0.2, -0.15) is 0 Å². The second-order valence-corrected chi connectivity index (χ2v) is 6.24. The lowest BCUT2D eigenvalue weighted by molar-refractivity contribution is 0.0929. The molecule has 0 spiro atoms. The molecule has 1 rings (SSSR count). The maximum atomic E-state index is 11.7. The Hall–Kier alpha value is -0.810. The quantitative estimate of drug-likeness (QED) is 0.808. The van der Waals surface area contributed by atoms with Crippen LogP contribution in [-0.2, 0) is 4.74 Å². The summed E-state index contributed by atoms with van der Waals surface area (Å²) in [5, 5.41) is 3.76. The van der Waals surface area contributed by atoms with E-state index in [1.165, 1.54) is 0 Å². The summed E-state index contributed by atoms with van der Waals surface area (Å²) in [5.74, 6) is 0.612. The van der Waals surface area contributed by atoms with Gasteiger partial charge in [0.15, 0.2) is 0 Å². The fraction of sp³-hybridized carbons (Fsp3) is 0.933. The zero-order valence-electron chi connectivity index (χ0n) is 13.7. The van der Waals surface area contributed by atoms with Crippen LogP contribution in [0.15, 0.2) is 0 Å². The first-order valence-electron chi connectivity index (χ1n) is 7.76. The number of hydrogen-bond acceptors (Lipinski definition) is 4. The van der Waals surface area contributed by atoms with Crippen molar-refractivity contribution in [1.29, 1.82) is 0 Å². The van der Waals surface area contributed by atoms with Crippen LogP contribution in [0.25, 0.3) is 0 Å². The molecule has 1 aliphatic heterocycles. The predicted octanol–water partition coefficient (Wildman–Crippen LogP) is 1.78. The van der Waals surface area contributed by atoms with Gasteiger partial charge in [0.25, 0.3) is 0 Å². The third-order valence-corrected chi connectivity index (χ3v) is 3.84. The number of nitrogens with zero attached hydrogens (tertiary/aromatic N) is 2. The molecule has 1 saturated heterocycles. The smallest absolute Gasteiger partial charge is 0.409 e. The molecule has 0 aromatic rings. The highest BCUT2D eigenvalue weighted by Gasteiger charge is 2.26. The van der Waals surface area contributed by atoms with Gasteiger partial charge in [-0.25, -0.2) is 4.79 Å². The van der Waals surface area contributed by atoms with E-state index < -0.39 is 0 Å². The Kier molecular flexibility index (Phi) is 7.30. The van der Waals surface area contributed by atoms with E-state index in [0.29, 0.717) is 24.6 Å². The van der Waals surface area contributed by atoms with Gasteiger partial charge in [-0.3, -0.25) is 0 Å². The Bertz CT molecular complexity index is 287. The van der Waals surface area contributed by atoms with Crippen LogP contribution in [0.1, 0.15) is 33.6 Å². The highest BCUT2D eigenvalue weighted by molar-refractivity contribution is 5.67. The number of likely N-dealkylation sites (tertiary alicyclic amines) is 1. The summed E-state index contributed by atoms with van der Waals surface area (Å²) in [5.41, 5.74) is 0. The lowest BCUT2D eigenvalue weighted by atomic mass is 9.99. The molecular formula is C15H31N3O2. The molecule has 5 nitrogen and oxygen atoms in total. The lowest BCUT2D eigenvalue weighted by Crippen LogP contribution is -2.51. The van der Waals surface area contributed by atoms with Crippen molar-refractivity contribution < 1.29 is 9.53 Å². The number of rotatable bonds is 6. The zero-order chi connectivity index (χ0) is 15.1. The Morgan fingerprint density at radius 3 is 2.40 bits per heavy atom. The number of amides is 1.